The van der Waals surface area contributed by atoms with Gasteiger partial charge in [-0.2, -0.15) is 0 Å². The zero-order valence-electron chi connectivity index (χ0n) is 13.1. The summed E-state index contributed by atoms with van der Waals surface area (Å²) in [7, 11) is 0. The van der Waals surface area contributed by atoms with Crippen LogP contribution in [0.2, 0.25) is 0 Å². The second-order valence-electron chi connectivity index (χ2n) is 6.34. The number of H-pyrrole nitrogens is 1. The number of piperidine rings is 1. The molecule has 1 aliphatic rings. The Bertz CT molecular complexity index is 728. The van der Waals surface area contributed by atoms with Crippen LogP contribution in [0, 0.1) is 5.41 Å². The highest BCUT2D eigenvalue weighted by molar-refractivity contribution is 5.94. The summed E-state index contributed by atoms with van der Waals surface area (Å²) in [6, 6.07) is 6.72. The minimum atomic E-state index is -0.410. The van der Waals surface area contributed by atoms with Crippen molar-refractivity contribution in [2.75, 3.05) is 19.6 Å². The Kier molecular flexibility index (Phi) is 4.34. The van der Waals surface area contributed by atoms with Gasteiger partial charge in [0.2, 0.25) is 0 Å². The maximum Gasteiger partial charge on any atom is 0.261 e. The van der Waals surface area contributed by atoms with Gasteiger partial charge in [0, 0.05) is 6.54 Å². The van der Waals surface area contributed by atoms with Gasteiger partial charge in [-0.05, 0) is 55.6 Å². The van der Waals surface area contributed by atoms with Crippen LogP contribution in [0.5, 0.6) is 0 Å². The highest BCUT2D eigenvalue weighted by atomic mass is 16.3. The summed E-state index contributed by atoms with van der Waals surface area (Å²) < 4.78 is 5.24. The van der Waals surface area contributed by atoms with Crippen molar-refractivity contribution < 1.29 is 9.21 Å². The molecule has 23 heavy (non-hydrogen) atoms. The highest BCUT2D eigenvalue weighted by Crippen LogP contribution is 2.26. The fourth-order valence-electron chi connectivity index (χ4n) is 2.82. The van der Waals surface area contributed by atoms with Gasteiger partial charge in [-0.1, -0.05) is 6.92 Å². The number of aromatic nitrogens is 1. The number of hydrogen-bond acceptors (Lipinski definition) is 4. The standard InChI is InChI=1S/C17H21N3O3/c1-17(6-8-18-9-7-17)11-19-15(21)12-4-5-13(20-16(12)22)14-3-2-10-23-14/h2-5,10,18H,6-9,11H2,1H3,(H,19,21)(H,20,22). The van der Waals surface area contributed by atoms with Crippen LogP contribution in [0.3, 0.4) is 0 Å². The molecule has 0 bridgehead atoms. The number of amides is 1. The molecule has 0 aliphatic carbocycles. The molecule has 0 saturated carbocycles. The number of rotatable bonds is 4. The fraction of sp³-hybridized carbons (Fsp3) is 0.412. The van der Waals surface area contributed by atoms with Gasteiger partial charge in [-0.3, -0.25) is 9.59 Å². The summed E-state index contributed by atoms with van der Waals surface area (Å²) in [6.07, 6.45) is 3.57. The Morgan fingerprint density at radius 1 is 1.30 bits per heavy atom. The predicted molar refractivity (Wildman–Crippen MR) is 87.3 cm³/mol. The minimum absolute atomic E-state index is 0.0851. The van der Waals surface area contributed by atoms with E-state index in [2.05, 4.69) is 22.5 Å². The zero-order chi connectivity index (χ0) is 16.3. The Balaban J connectivity index is 1.69. The number of carbonyl (C=O) groups excluding carboxylic acids is 1. The molecule has 6 nitrogen and oxygen atoms in total. The Morgan fingerprint density at radius 2 is 2.09 bits per heavy atom. The van der Waals surface area contributed by atoms with E-state index in [0.29, 0.717) is 18.0 Å². The van der Waals surface area contributed by atoms with Crippen LogP contribution in [0.4, 0.5) is 0 Å². The SMILES string of the molecule is CC1(CNC(=O)c2ccc(-c3ccco3)[nH]c2=O)CCNCC1. The summed E-state index contributed by atoms with van der Waals surface area (Å²) in [5, 5.41) is 6.21. The van der Waals surface area contributed by atoms with Crippen LogP contribution in [0.1, 0.15) is 30.1 Å². The topological polar surface area (TPSA) is 87.1 Å². The molecule has 0 unspecified atom stereocenters. The van der Waals surface area contributed by atoms with E-state index in [4.69, 9.17) is 4.42 Å². The second kappa shape index (κ2) is 6.42. The molecule has 1 amide bonds. The molecule has 2 aromatic rings. The third-order valence-electron chi connectivity index (χ3n) is 4.43. The number of carbonyl (C=O) groups is 1. The van der Waals surface area contributed by atoms with Crippen LogP contribution in [0.15, 0.2) is 39.7 Å². The van der Waals surface area contributed by atoms with Crippen molar-refractivity contribution in [2.24, 2.45) is 5.41 Å². The smallest absolute Gasteiger partial charge is 0.261 e. The predicted octanol–water partition coefficient (Wildman–Crippen LogP) is 1.75. The van der Waals surface area contributed by atoms with Gasteiger partial charge in [-0.15, -0.1) is 0 Å². The molecule has 3 heterocycles. The lowest BCUT2D eigenvalue weighted by Crippen LogP contribution is -2.43. The molecule has 0 spiro atoms. The molecule has 0 atom stereocenters. The molecule has 1 aliphatic heterocycles. The monoisotopic (exact) mass is 315 g/mol. The van der Waals surface area contributed by atoms with Gasteiger partial charge in [0.05, 0.1) is 12.0 Å². The summed E-state index contributed by atoms with van der Waals surface area (Å²) in [5.41, 5.74) is 0.355. The average Bonchev–Trinajstić information content (AvgIpc) is 3.08. The van der Waals surface area contributed by atoms with E-state index in [1.807, 2.05) is 0 Å². The van der Waals surface area contributed by atoms with Crippen molar-refractivity contribution in [3.8, 4) is 11.5 Å². The van der Waals surface area contributed by atoms with Crippen molar-refractivity contribution in [3.05, 3.63) is 46.4 Å². The second-order valence-corrected chi connectivity index (χ2v) is 6.34. The van der Waals surface area contributed by atoms with E-state index < -0.39 is 5.56 Å². The lowest BCUT2D eigenvalue weighted by atomic mass is 9.81. The maximum atomic E-state index is 12.3. The van der Waals surface area contributed by atoms with E-state index in [-0.39, 0.29) is 16.9 Å². The van der Waals surface area contributed by atoms with Crippen molar-refractivity contribution in [3.63, 3.8) is 0 Å². The van der Waals surface area contributed by atoms with Gasteiger partial charge in [0.15, 0.2) is 0 Å². The molecular weight excluding hydrogens is 294 g/mol. The number of nitrogens with one attached hydrogen (secondary N) is 3. The lowest BCUT2D eigenvalue weighted by molar-refractivity contribution is 0.0920. The average molecular weight is 315 g/mol. The molecule has 2 aromatic heterocycles. The van der Waals surface area contributed by atoms with Gasteiger partial charge >= 0.3 is 0 Å². The first-order chi connectivity index (χ1) is 11.1. The highest BCUT2D eigenvalue weighted by Gasteiger charge is 2.27. The number of pyridine rings is 1. The first-order valence-electron chi connectivity index (χ1n) is 7.84. The van der Waals surface area contributed by atoms with Crippen LogP contribution in [-0.4, -0.2) is 30.5 Å². The molecule has 0 aromatic carbocycles. The number of aromatic amines is 1. The number of hydrogen-bond donors (Lipinski definition) is 3. The summed E-state index contributed by atoms with van der Waals surface area (Å²) >= 11 is 0. The van der Waals surface area contributed by atoms with Gasteiger partial charge in [0.25, 0.3) is 11.5 Å². The summed E-state index contributed by atoms with van der Waals surface area (Å²) in [4.78, 5) is 27.1. The lowest BCUT2D eigenvalue weighted by Gasteiger charge is -2.34. The van der Waals surface area contributed by atoms with Crippen LogP contribution in [0.25, 0.3) is 11.5 Å². The molecule has 6 heteroatoms. The molecule has 1 saturated heterocycles. The quantitative estimate of drug-likeness (QED) is 0.802. The molecule has 3 N–H and O–H groups in total. The zero-order valence-corrected chi connectivity index (χ0v) is 13.1. The van der Waals surface area contributed by atoms with E-state index in [0.717, 1.165) is 25.9 Å². The van der Waals surface area contributed by atoms with E-state index in [9.17, 15) is 9.59 Å². The van der Waals surface area contributed by atoms with Crippen molar-refractivity contribution >= 4 is 5.91 Å². The van der Waals surface area contributed by atoms with E-state index in [1.54, 1.807) is 18.2 Å². The van der Waals surface area contributed by atoms with Crippen molar-refractivity contribution in [1.82, 2.24) is 15.6 Å². The van der Waals surface area contributed by atoms with E-state index >= 15 is 0 Å². The summed E-state index contributed by atoms with van der Waals surface area (Å²) in [5.74, 6) is 0.230. The summed E-state index contributed by atoms with van der Waals surface area (Å²) in [6.45, 7) is 4.67. The first kappa shape index (κ1) is 15.6. The van der Waals surface area contributed by atoms with Crippen LogP contribution >= 0.6 is 0 Å². The Labute approximate surface area is 134 Å². The third kappa shape index (κ3) is 3.53. The molecule has 122 valence electrons. The van der Waals surface area contributed by atoms with Gasteiger partial charge < -0.3 is 20.0 Å². The maximum absolute atomic E-state index is 12.3. The first-order valence-corrected chi connectivity index (χ1v) is 7.84. The van der Waals surface area contributed by atoms with Gasteiger partial charge in [-0.25, -0.2) is 0 Å². The molecular formula is C17H21N3O3. The van der Waals surface area contributed by atoms with Gasteiger partial charge in [0.1, 0.15) is 11.3 Å². The minimum Gasteiger partial charge on any atom is -0.463 e. The fourth-order valence-corrected chi connectivity index (χ4v) is 2.82. The molecule has 0 radical (unpaired) electrons. The normalized spacial score (nSPS) is 16.9. The molecule has 3 rings (SSSR count). The van der Waals surface area contributed by atoms with Crippen LogP contribution < -0.4 is 16.2 Å². The Morgan fingerprint density at radius 3 is 2.74 bits per heavy atom. The van der Waals surface area contributed by atoms with Crippen molar-refractivity contribution in [2.45, 2.75) is 19.8 Å². The number of furan rings is 1. The van der Waals surface area contributed by atoms with Crippen LogP contribution in [-0.2, 0) is 0 Å². The Hall–Kier alpha value is -2.34. The van der Waals surface area contributed by atoms with E-state index in [1.165, 1.54) is 12.3 Å². The third-order valence-corrected chi connectivity index (χ3v) is 4.43. The van der Waals surface area contributed by atoms with Crippen molar-refractivity contribution in [1.29, 1.82) is 0 Å². The largest absolute Gasteiger partial charge is 0.463 e. The molecule has 1 fully saturated rings.